The standard InChI is InChI=1S/C26H28N2O8/c1-5-11(29)9-13-15-10(2)12-7-6-8-14(30)16(12)21(31)17(15)23(33)26(36)19(13)20(28(3)4)22(32)18(24(26)34)25(27)35/h5-8,10,13,15,17-20,30,36H,1,9H2,2-4H3,(H2,27,35). The Balaban J connectivity index is 2.03. The molecule has 0 radical (unpaired) electrons. The van der Waals surface area contributed by atoms with Crippen molar-refractivity contribution in [3.63, 3.8) is 0 Å². The van der Waals surface area contributed by atoms with Crippen LogP contribution in [0.3, 0.4) is 0 Å². The van der Waals surface area contributed by atoms with E-state index < -0.39 is 82.0 Å². The number of Topliss-reactive ketones (excluding diaryl/α,β-unsaturated/α-hetero) is 4. The molecule has 1 aromatic carbocycles. The van der Waals surface area contributed by atoms with Crippen molar-refractivity contribution in [1.29, 1.82) is 0 Å². The Kier molecular flexibility index (Phi) is 6.09. The third kappa shape index (κ3) is 3.24. The number of nitrogens with two attached hydrogens (primary N) is 1. The van der Waals surface area contributed by atoms with Gasteiger partial charge in [-0.1, -0.05) is 25.6 Å². The van der Waals surface area contributed by atoms with Crippen molar-refractivity contribution in [3.05, 3.63) is 42.0 Å². The number of fused-ring (bicyclic) bond motifs is 3. The van der Waals surface area contributed by atoms with Gasteiger partial charge in [-0.2, -0.15) is 0 Å². The third-order valence-electron chi connectivity index (χ3n) is 8.21. The van der Waals surface area contributed by atoms with Crippen LogP contribution in [0.15, 0.2) is 30.9 Å². The number of phenols is 1. The molecule has 1 aromatic rings. The summed E-state index contributed by atoms with van der Waals surface area (Å²) < 4.78 is 0. The maximum atomic E-state index is 14.0. The van der Waals surface area contributed by atoms with Crippen LogP contribution in [0, 0.1) is 29.6 Å². The van der Waals surface area contributed by atoms with E-state index in [1.807, 2.05) is 0 Å². The van der Waals surface area contributed by atoms with E-state index in [4.69, 9.17) is 5.73 Å². The van der Waals surface area contributed by atoms with E-state index in [0.717, 1.165) is 6.08 Å². The first kappa shape index (κ1) is 25.6. The number of benzene rings is 1. The first-order valence-corrected chi connectivity index (χ1v) is 11.6. The zero-order valence-corrected chi connectivity index (χ0v) is 20.1. The molecule has 4 rings (SSSR count). The lowest BCUT2D eigenvalue weighted by molar-refractivity contribution is -0.190. The summed E-state index contributed by atoms with van der Waals surface area (Å²) in [6.07, 6.45) is 0.756. The molecule has 36 heavy (non-hydrogen) atoms. The van der Waals surface area contributed by atoms with Crippen molar-refractivity contribution < 1.29 is 39.0 Å². The van der Waals surface area contributed by atoms with E-state index in [1.54, 1.807) is 19.1 Å². The number of aliphatic hydroxyl groups is 1. The molecule has 4 N–H and O–H groups in total. The van der Waals surface area contributed by atoms with E-state index in [-0.39, 0.29) is 17.7 Å². The van der Waals surface area contributed by atoms with Gasteiger partial charge in [-0.25, -0.2) is 0 Å². The molecule has 1 amide bonds. The molecule has 10 heteroatoms. The van der Waals surface area contributed by atoms with Crippen LogP contribution in [0.2, 0.25) is 0 Å². The molecule has 8 unspecified atom stereocenters. The fourth-order valence-corrected chi connectivity index (χ4v) is 6.76. The smallest absolute Gasteiger partial charge is 0.235 e. The van der Waals surface area contributed by atoms with Crippen LogP contribution in [0.4, 0.5) is 0 Å². The van der Waals surface area contributed by atoms with Crippen molar-refractivity contribution in [2.24, 2.45) is 35.3 Å². The van der Waals surface area contributed by atoms with Gasteiger partial charge in [0.1, 0.15) is 5.75 Å². The lowest BCUT2D eigenvalue weighted by Crippen LogP contribution is -2.76. The first-order valence-electron chi connectivity index (χ1n) is 11.6. The van der Waals surface area contributed by atoms with Gasteiger partial charge >= 0.3 is 0 Å². The van der Waals surface area contributed by atoms with Gasteiger partial charge in [-0.3, -0.25) is 33.7 Å². The van der Waals surface area contributed by atoms with Crippen LogP contribution in [-0.2, 0) is 24.0 Å². The van der Waals surface area contributed by atoms with Crippen LogP contribution >= 0.6 is 0 Å². The summed E-state index contributed by atoms with van der Waals surface area (Å²) in [5.41, 5.74) is 2.79. The Morgan fingerprint density at radius 3 is 2.36 bits per heavy atom. The minimum atomic E-state index is -2.92. The number of primary amides is 1. The molecule has 3 aliphatic carbocycles. The molecular formula is C26H28N2O8. The fraction of sp³-hybridized carbons (Fsp3) is 0.462. The van der Waals surface area contributed by atoms with Crippen LogP contribution in [-0.4, -0.2) is 75.7 Å². The van der Waals surface area contributed by atoms with Crippen molar-refractivity contribution >= 4 is 34.8 Å². The summed E-state index contributed by atoms with van der Waals surface area (Å²) in [7, 11) is 2.98. The number of amides is 1. The highest BCUT2D eigenvalue weighted by Crippen LogP contribution is 2.57. The Morgan fingerprint density at radius 2 is 1.81 bits per heavy atom. The fourth-order valence-electron chi connectivity index (χ4n) is 6.76. The monoisotopic (exact) mass is 496 g/mol. The Bertz CT molecular complexity index is 1240. The lowest BCUT2D eigenvalue weighted by Gasteiger charge is -2.57. The topological polar surface area (TPSA) is 172 Å². The number of phenolic OH excluding ortho intramolecular Hbond substituents is 1. The van der Waals surface area contributed by atoms with E-state index in [9.17, 15) is 39.0 Å². The van der Waals surface area contributed by atoms with Crippen molar-refractivity contribution in [3.8, 4) is 5.75 Å². The number of carbonyl (C=O) groups is 6. The Hall–Kier alpha value is -3.50. The van der Waals surface area contributed by atoms with Crippen LogP contribution < -0.4 is 5.73 Å². The molecule has 3 aliphatic rings. The first-order chi connectivity index (χ1) is 16.8. The maximum Gasteiger partial charge on any atom is 0.235 e. The van der Waals surface area contributed by atoms with Gasteiger partial charge < -0.3 is 15.9 Å². The third-order valence-corrected chi connectivity index (χ3v) is 8.21. The molecule has 0 bridgehead atoms. The lowest BCUT2D eigenvalue weighted by atomic mass is 9.46. The number of carbonyl (C=O) groups excluding carboxylic acids is 6. The van der Waals surface area contributed by atoms with Crippen molar-refractivity contribution in [1.82, 2.24) is 4.90 Å². The minimum Gasteiger partial charge on any atom is -0.507 e. The molecule has 8 atom stereocenters. The van der Waals surface area contributed by atoms with Crippen LogP contribution in [0.1, 0.15) is 35.2 Å². The van der Waals surface area contributed by atoms with E-state index in [2.05, 4.69) is 6.58 Å². The average molecular weight is 497 g/mol. The molecule has 0 aliphatic heterocycles. The van der Waals surface area contributed by atoms with Crippen molar-refractivity contribution in [2.45, 2.75) is 30.9 Å². The number of rotatable bonds is 5. The van der Waals surface area contributed by atoms with Crippen LogP contribution in [0.25, 0.3) is 0 Å². The average Bonchev–Trinajstić information content (AvgIpc) is 2.80. The SMILES string of the molecule is C=CC(=O)CC1C2C(C(=O)c3c(O)cccc3C2C)C(=O)C2(O)C(=O)C(C(N)=O)C(=O)C(N(C)C)C12. The zero-order chi connectivity index (χ0) is 26.9. The second-order valence-electron chi connectivity index (χ2n) is 10.2. The van der Waals surface area contributed by atoms with E-state index in [0.29, 0.717) is 5.56 Å². The highest BCUT2D eigenvalue weighted by Gasteiger charge is 2.72. The maximum absolute atomic E-state index is 14.0. The highest BCUT2D eigenvalue weighted by molar-refractivity contribution is 6.32. The largest absolute Gasteiger partial charge is 0.507 e. The number of likely N-dealkylation sites (N-methyl/N-ethyl adjacent to an activating group) is 1. The van der Waals surface area contributed by atoms with Gasteiger partial charge in [0.2, 0.25) is 5.91 Å². The van der Waals surface area contributed by atoms with Gasteiger partial charge in [0.15, 0.2) is 40.4 Å². The Morgan fingerprint density at radius 1 is 1.17 bits per heavy atom. The second-order valence-corrected chi connectivity index (χ2v) is 10.2. The molecule has 0 saturated heterocycles. The predicted molar refractivity (Wildman–Crippen MR) is 125 cm³/mol. The summed E-state index contributed by atoms with van der Waals surface area (Å²) in [6.45, 7) is 5.21. The number of hydrogen-bond donors (Lipinski definition) is 3. The van der Waals surface area contributed by atoms with E-state index >= 15 is 0 Å². The summed E-state index contributed by atoms with van der Waals surface area (Å²) in [5.74, 6) is -13.9. The molecule has 10 nitrogen and oxygen atoms in total. The number of hydrogen-bond acceptors (Lipinski definition) is 9. The number of nitrogens with zero attached hydrogens (tertiary/aromatic N) is 1. The van der Waals surface area contributed by atoms with Gasteiger partial charge in [0.05, 0.1) is 17.5 Å². The normalized spacial score (nSPS) is 35.6. The summed E-state index contributed by atoms with van der Waals surface area (Å²) in [6, 6.07) is 3.17. The Labute approximate surface area is 207 Å². The minimum absolute atomic E-state index is 0.0922. The summed E-state index contributed by atoms with van der Waals surface area (Å²) in [5, 5.41) is 22.3. The predicted octanol–water partition coefficient (Wildman–Crippen LogP) is -0.201. The molecule has 0 aromatic heterocycles. The van der Waals surface area contributed by atoms with Gasteiger partial charge in [0.25, 0.3) is 0 Å². The summed E-state index contributed by atoms with van der Waals surface area (Å²) >= 11 is 0. The van der Waals surface area contributed by atoms with E-state index in [1.165, 1.54) is 25.1 Å². The van der Waals surface area contributed by atoms with Crippen LogP contribution in [0.5, 0.6) is 5.75 Å². The molecule has 0 spiro atoms. The molecular weight excluding hydrogens is 468 g/mol. The molecule has 190 valence electrons. The molecule has 2 saturated carbocycles. The second kappa shape index (κ2) is 8.56. The quantitative estimate of drug-likeness (QED) is 0.369. The van der Waals surface area contributed by atoms with Gasteiger partial charge in [0, 0.05) is 12.3 Å². The number of allylic oxidation sites excluding steroid dienone is 1. The van der Waals surface area contributed by atoms with Crippen molar-refractivity contribution in [2.75, 3.05) is 14.1 Å². The molecule has 0 heterocycles. The number of ketones is 5. The highest BCUT2D eigenvalue weighted by atomic mass is 16.3. The van der Waals surface area contributed by atoms with Gasteiger partial charge in [-0.05, 0) is 49.6 Å². The molecule has 2 fully saturated rings. The zero-order valence-electron chi connectivity index (χ0n) is 20.1. The number of aromatic hydroxyl groups is 1. The van der Waals surface area contributed by atoms with Gasteiger partial charge in [-0.15, -0.1) is 0 Å². The summed E-state index contributed by atoms with van der Waals surface area (Å²) in [4.78, 5) is 80.7.